The van der Waals surface area contributed by atoms with Crippen molar-refractivity contribution in [3.63, 3.8) is 0 Å². The Kier molecular flexibility index (Phi) is 6.79. The predicted molar refractivity (Wildman–Crippen MR) is 137 cm³/mol. The first kappa shape index (κ1) is 24.3. The van der Waals surface area contributed by atoms with Crippen molar-refractivity contribution in [2.24, 2.45) is 4.99 Å². The first-order chi connectivity index (χ1) is 16.7. The molecule has 8 nitrogen and oxygen atoms in total. The predicted octanol–water partition coefficient (Wildman–Crippen LogP) is 2.69. The molecule has 35 heavy (non-hydrogen) atoms. The molecule has 1 aliphatic rings. The van der Waals surface area contributed by atoms with Crippen LogP contribution in [0.5, 0.6) is 11.5 Å². The molecule has 2 heterocycles. The van der Waals surface area contributed by atoms with Crippen LogP contribution < -0.4 is 24.5 Å². The Bertz CT molecular complexity index is 1480. The van der Waals surface area contributed by atoms with Crippen LogP contribution >= 0.6 is 11.3 Å². The lowest BCUT2D eigenvalue weighted by Crippen LogP contribution is -2.35. The largest absolute Gasteiger partial charge is 0.504 e. The van der Waals surface area contributed by atoms with Gasteiger partial charge in [-0.2, -0.15) is 0 Å². The van der Waals surface area contributed by atoms with E-state index in [2.05, 4.69) is 0 Å². The fraction of sp³-hybridized carbons (Fsp3) is 0.269. The molecule has 0 saturated carbocycles. The number of fused-ring (bicyclic) bond motifs is 1. The fourth-order valence-electron chi connectivity index (χ4n) is 3.94. The summed E-state index contributed by atoms with van der Waals surface area (Å²) < 4.78 is 12.5. The number of aromatic nitrogens is 1. The van der Waals surface area contributed by atoms with Crippen molar-refractivity contribution in [1.82, 2.24) is 4.57 Å². The minimum absolute atomic E-state index is 0.0179. The van der Waals surface area contributed by atoms with Crippen LogP contribution in [-0.2, 0) is 9.53 Å². The lowest BCUT2D eigenvalue weighted by molar-refractivity contribution is -0.138. The van der Waals surface area contributed by atoms with Crippen molar-refractivity contribution in [2.75, 3.05) is 32.7 Å². The number of carbonyl (C=O) groups is 1. The minimum atomic E-state index is -0.714. The van der Waals surface area contributed by atoms with E-state index in [0.717, 1.165) is 11.3 Å². The van der Waals surface area contributed by atoms with Crippen molar-refractivity contribution < 1.29 is 19.4 Å². The zero-order chi connectivity index (χ0) is 25.3. The Hall–Kier alpha value is -3.85. The zero-order valence-corrected chi connectivity index (χ0v) is 21.0. The van der Waals surface area contributed by atoms with Crippen molar-refractivity contribution in [3.8, 4) is 11.5 Å². The molecule has 1 aliphatic heterocycles. The summed E-state index contributed by atoms with van der Waals surface area (Å²) in [6.45, 7) is 3.64. The standard InChI is InChI=1S/C26H27N3O5S/c1-6-34-25(32)22-15(2)29-24(31)21(13-16-7-10-18(11-8-16)28(3)4)35-26(29)27-23(22)17-9-12-19(30)20(14-17)33-5/h7-14,23,30H,6H2,1-5H3/b21-13-/t23-/m1/s1. The van der Waals surface area contributed by atoms with Gasteiger partial charge in [-0.05, 0) is 55.3 Å². The molecule has 2 aromatic carbocycles. The molecule has 0 spiro atoms. The van der Waals surface area contributed by atoms with Gasteiger partial charge in [-0.1, -0.05) is 29.5 Å². The number of benzene rings is 2. The number of rotatable bonds is 6. The second-order valence-corrected chi connectivity index (χ2v) is 9.21. The number of hydrogen-bond acceptors (Lipinski definition) is 8. The first-order valence-electron chi connectivity index (χ1n) is 11.1. The molecule has 0 unspecified atom stereocenters. The first-order valence-corrected chi connectivity index (χ1v) is 11.9. The molecule has 0 bridgehead atoms. The maximum atomic E-state index is 13.4. The number of phenolic OH excluding ortho intramolecular Hbond substituents is 1. The van der Waals surface area contributed by atoms with Crippen LogP contribution in [0.2, 0.25) is 0 Å². The van der Waals surface area contributed by atoms with E-state index in [-0.39, 0.29) is 29.2 Å². The van der Waals surface area contributed by atoms with Gasteiger partial charge in [0.25, 0.3) is 5.56 Å². The van der Waals surface area contributed by atoms with E-state index in [9.17, 15) is 14.7 Å². The summed E-state index contributed by atoms with van der Waals surface area (Å²) in [5.74, 6) is -0.294. The number of anilines is 1. The van der Waals surface area contributed by atoms with Crippen LogP contribution in [0.25, 0.3) is 11.8 Å². The Morgan fingerprint density at radius 3 is 2.57 bits per heavy atom. The smallest absolute Gasteiger partial charge is 0.338 e. The molecule has 3 aromatic rings. The number of esters is 1. The summed E-state index contributed by atoms with van der Waals surface area (Å²) in [7, 11) is 5.39. The third-order valence-electron chi connectivity index (χ3n) is 5.77. The van der Waals surface area contributed by atoms with Gasteiger partial charge in [-0.3, -0.25) is 9.36 Å². The van der Waals surface area contributed by atoms with Gasteiger partial charge in [-0.25, -0.2) is 9.79 Å². The van der Waals surface area contributed by atoms with E-state index in [0.29, 0.717) is 20.6 Å². The Labute approximate surface area is 206 Å². The number of methoxy groups -OCH3 is 1. The van der Waals surface area contributed by atoms with Gasteiger partial charge in [0.05, 0.1) is 23.8 Å². The van der Waals surface area contributed by atoms with E-state index in [4.69, 9.17) is 14.5 Å². The Morgan fingerprint density at radius 2 is 1.94 bits per heavy atom. The number of hydrogen-bond donors (Lipinski definition) is 1. The molecular weight excluding hydrogens is 466 g/mol. The Morgan fingerprint density at radius 1 is 1.23 bits per heavy atom. The highest BCUT2D eigenvalue weighted by Gasteiger charge is 2.31. The molecule has 0 amide bonds. The topological polar surface area (TPSA) is 93.4 Å². The summed E-state index contributed by atoms with van der Waals surface area (Å²) in [5.41, 5.74) is 3.08. The summed E-state index contributed by atoms with van der Waals surface area (Å²) >= 11 is 1.26. The third kappa shape index (κ3) is 4.59. The van der Waals surface area contributed by atoms with Gasteiger partial charge in [-0.15, -0.1) is 0 Å². The van der Waals surface area contributed by atoms with Crippen LogP contribution in [0.1, 0.15) is 31.0 Å². The summed E-state index contributed by atoms with van der Waals surface area (Å²) in [6, 6.07) is 12.0. The van der Waals surface area contributed by atoms with Gasteiger partial charge in [0.15, 0.2) is 16.3 Å². The average Bonchev–Trinajstić information content (AvgIpc) is 3.14. The second kappa shape index (κ2) is 9.79. The normalized spacial score (nSPS) is 15.5. The average molecular weight is 494 g/mol. The van der Waals surface area contributed by atoms with Crippen molar-refractivity contribution in [2.45, 2.75) is 19.9 Å². The van der Waals surface area contributed by atoms with Gasteiger partial charge >= 0.3 is 5.97 Å². The molecule has 9 heteroatoms. The summed E-state index contributed by atoms with van der Waals surface area (Å²) in [4.78, 5) is 33.6. The quantitative estimate of drug-likeness (QED) is 0.531. The highest BCUT2D eigenvalue weighted by molar-refractivity contribution is 7.07. The summed E-state index contributed by atoms with van der Waals surface area (Å²) in [5, 5.41) is 10.0. The van der Waals surface area contributed by atoms with E-state index >= 15 is 0 Å². The van der Waals surface area contributed by atoms with Gasteiger partial charge in [0, 0.05) is 25.5 Å². The molecule has 0 fully saturated rings. The molecule has 1 N–H and O–H groups in total. The molecule has 182 valence electrons. The monoisotopic (exact) mass is 493 g/mol. The summed E-state index contributed by atoms with van der Waals surface area (Å²) in [6.07, 6.45) is 1.82. The van der Waals surface area contributed by atoms with Crippen molar-refractivity contribution in [3.05, 3.63) is 78.9 Å². The molecule has 1 atom stereocenters. The molecule has 0 aliphatic carbocycles. The number of ether oxygens (including phenoxy) is 2. The maximum Gasteiger partial charge on any atom is 0.338 e. The van der Waals surface area contributed by atoms with Crippen LogP contribution in [0.4, 0.5) is 5.69 Å². The maximum absolute atomic E-state index is 13.4. The second-order valence-electron chi connectivity index (χ2n) is 8.20. The van der Waals surface area contributed by atoms with Crippen LogP contribution in [0, 0.1) is 0 Å². The highest BCUT2D eigenvalue weighted by Crippen LogP contribution is 2.36. The lowest BCUT2D eigenvalue weighted by Gasteiger charge is -2.22. The minimum Gasteiger partial charge on any atom is -0.504 e. The number of aromatic hydroxyl groups is 1. The van der Waals surface area contributed by atoms with E-state index in [1.165, 1.54) is 29.1 Å². The fourth-order valence-corrected chi connectivity index (χ4v) is 4.98. The highest BCUT2D eigenvalue weighted by atomic mass is 32.1. The van der Waals surface area contributed by atoms with Gasteiger partial charge in [0.2, 0.25) is 0 Å². The van der Waals surface area contributed by atoms with Gasteiger partial charge < -0.3 is 19.5 Å². The number of thiazole rings is 1. The number of nitrogens with zero attached hydrogens (tertiary/aromatic N) is 3. The van der Waals surface area contributed by atoms with Crippen LogP contribution in [0.3, 0.4) is 0 Å². The molecule has 0 radical (unpaired) electrons. The molecular formula is C26H27N3O5S. The SMILES string of the molecule is CCOC(=O)C1=C(C)n2c(s/c(=C\c3ccc(N(C)C)cc3)c2=O)=N[C@@H]1c1ccc(O)c(OC)c1. The zero-order valence-electron chi connectivity index (χ0n) is 20.2. The molecule has 0 saturated heterocycles. The van der Waals surface area contributed by atoms with Gasteiger partial charge in [0.1, 0.15) is 6.04 Å². The van der Waals surface area contributed by atoms with E-state index < -0.39 is 12.0 Å². The van der Waals surface area contributed by atoms with Crippen molar-refractivity contribution in [1.29, 1.82) is 0 Å². The van der Waals surface area contributed by atoms with Crippen LogP contribution in [0.15, 0.2) is 57.8 Å². The van der Waals surface area contributed by atoms with Crippen LogP contribution in [-0.4, -0.2) is 43.5 Å². The van der Waals surface area contributed by atoms with E-state index in [1.807, 2.05) is 49.3 Å². The number of carbonyl (C=O) groups excluding carboxylic acids is 1. The number of phenols is 1. The number of allylic oxidation sites excluding steroid dienone is 1. The van der Waals surface area contributed by atoms with E-state index in [1.54, 1.807) is 26.0 Å². The molecule has 1 aromatic heterocycles. The Balaban J connectivity index is 1.90. The molecule has 4 rings (SSSR count). The van der Waals surface area contributed by atoms with Crippen molar-refractivity contribution >= 4 is 34.8 Å². The third-order valence-corrected chi connectivity index (χ3v) is 6.75. The lowest BCUT2D eigenvalue weighted by atomic mass is 9.96.